The third-order valence-electron chi connectivity index (χ3n) is 2.43. The van der Waals surface area contributed by atoms with E-state index in [4.69, 9.17) is 13.3 Å². The maximum Gasteiger partial charge on any atom is 0.537 e. The molecule has 0 amide bonds. The van der Waals surface area contributed by atoms with Gasteiger partial charge in [0.15, 0.2) is 0 Å². The summed E-state index contributed by atoms with van der Waals surface area (Å²) < 4.78 is 17.2. The van der Waals surface area contributed by atoms with E-state index in [1.54, 1.807) is 12.1 Å². The highest BCUT2D eigenvalue weighted by Gasteiger charge is 2.43. The Hall–Kier alpha value is -1.28. The summed E-state index contributed by atoms with van der Waals surface area (Å²) in [6.07, 6.45) is 0. The van der Waals surface area contributed by atoms with Crippen LogP contribution < -0.4 is 5.19 Å². The molecule has 0 radical (unpaired) electrons. The van der Waals surface area contributed by atoms with Crippen LogP contribution in [-0.4, -0.2) is 33.5 Å². The molecule has 0 spiro atoms. The van der Waals surface area contributed by atoms with Crippen molar-refractivity contribution < 1.29 is 18.2 Å². The molecule has 0 unspecified atom stereocenters. The van der Waals surface area contributed by atoms with Gasteiger partial charge >= 0.3 is 8.80 Å². The fourth-order valence-corrected chi connectivity index (χ4v) is 4.20. The molecule has 106 valence electrons. The second kappa shape index (κ2) is 7.34. The lowest BCUT2D eigenvalue weighted by Gasteiger charge is -2.28. The van der Waals surface area contributed by atoms with Gasteiger partial charge in [0.1, 0.15) is 0 Å². The molecule has 6 nitrogen and oxygen atoms in total. The molecule has 0 aliphatic carbocycles. The molecule has 1 aromatic rings. The minimum absolute atomic E-state index is 0.0381. The van der Waals surface area contributed by atoms with Crippen LogP contribution in [0.2, 0.25) is 0 Å². The maximum absolute atomic E-state index is 10.7. The summed E-state index contributed by atoms with van der Waals surface area (Å²) in [6.45, 7) is 6.98. The van der Waals surface area contributed by atoms with E-state index in [1.165, 1.54) is 12.1 Å². The van der Waals surface area contributed by atoms with Crippen LogP contribution in [0, 0.1) is 10.1 Å². The first-order valence-electron chi connectivity index (χ1n) is 6.26. The number of benzene rings is 1. The molecular weight excluding hydrogens is 266 g/mol. The molecule has 0 aliphatic rings. The normalized spacial score (nSPS) is 11.5. The Labute approximate surface area is 113 Å². The van der Waals surface area contributed by atoms with Crippen molar-refractivity contribution in [3.05, 3.63) is 34.4 Å². The van der Waals surface area contributed by atoms with Gasteiger partial charge in [0, 0.05) is 37.1 Å². The maximum atomic E-state index is 10.7. The van der Waals surface area contributed by atoms with Gasteiger partial charge < -0.3 is 13.3 Å². The monoisotopic (exact) mass is 285 g/mol. The summed E-state index contributed by atoms with van der Waals surface area (Å²) in [5, 5.41) is 11.4. The van der Waals surface area contributed by atoms with Crippen molar-refractivity contribution in [2.75, 3.05) is 19.8 Å². The first-order valence-corrected chi connectivity index (χ1v) is 7.98. The Bertz CT molecular complexity index is 392. The molecule has 0 fully saturated rings. The Morgan fingerprint density at radius 3 is 1.74 bits per heavy atom. The molecule has 7 heteroatoms. The van der Waals surface area contributed by atoms with E-state index in [1.807, 2.05) is 20.8 Å². The summed E-state index contributed by atoms with van der Waals surface area (Å²) in [4.78, 5) is 10.2. The zero-order valence-electron chi connectivity index (χ0n) is 11.4. The van der Waals surface area contributed by atoms with Gasteiger partial charge in [-0.1, -0.05) is 0 Å². The second-order valence-electron chi connectivity index (χ2n) is 3.66. The molecule has 19 heavy (non-hydrogen) atoms. The Kier molecular flexibility index (Phi) is 6.09. The number of hydrogen-bond donors (Lipinski definition) is 0. The van der Waals surface area contributed by atoms with E-state index in [9.17, 15) is 10.1 Å². The molecule has 0 atom stereocenters. The van der Waals surface area contributed by atoms with Crippen molar-refractivity contribution in [3.8, 4) is 0 Å². The van der Waals surface area contributed by atoms with Crippen LogP contribution in [0.1, 0.15) is 20.8 Å². The highest BCUT2D eigenvalue weighted by molar-refractivity contribution is 6.75. The lowest BCUT2D eigenvalue weighted by molar-refractivity contribution is -0.384. The van der Waals surface area contributed by atoms with Gasteiger partial charge in [-0.25, -0.2) is 0 Å². The zero-order valence-corrected chi connectivity index (χ0v) is 12.4. The fraction of sp³-hybridized carbons (Fsp3) is 0.500. The number of hydrogen-bond acceptors (Lipinski definition) is 5. The van der Waals surface area contributed by atoms with Crippen LogP contribution in [0.4, 0.5) is 5.69 Å². The summed E-state index contributed by atoms with van der Waals surface area (Å²) in [5.74, 6) is 0. The van der Waals surface area contributed by atoms with Crippen LogP contribution in [0.15, 0.2) is 24.3 Å². The Morgan fingerprint density at radius 2 is 1.42 bits per heavy atom. The predicted molar refractivity (Wildman–Crippen MR) is 73.4 cm³/mol. The summed E-state index contributed by atoms with van der Waals surface area (Å²) in [5.41, 5.74) is 0.0381. The van der Waals surface area contributed by atoms with Gasteiger partial charge in [-0.05, 0) is 32.9 Å². The number of non-ortho nitro benzene ring substituents is 1. The number of nitro groups is 1. The number of nitro benzene ring substituents is 1. The van der Waals surface area contributed by atoms with Crippen LogP contribution >= 0.6 is 0 Å². The summed E-state index contributed by atoms with van der Waals surface area (Å²) in [7, 11) is -2.95. The molecule has 0 saturated heterocycles. The average Bonchev–Trinajstić information content (AvgIpc) is 2.39. The third kappa shape index (κ3) is 3.84. The van der Waals surface area contributed by atoms with Crippen molar-refractivity contribution in [1.29, 1.82) is 0 Å². The lowest BCUT2D eigenvalue weighted by Crippen LogP contribution is -2.56. The van der Waals surface area contributed by atoms with Crippen LogP contribution in [0.25, 0.3) is 0 Å². The van der Waals surface area contributed by atoms with E-state index in [-0.39, 0.29) is 5.69 Å². The molecule has 1 rings (SSSR count). The smallest absolute Gasteiger partial charge is 0.370 e. The van der Waals surface area contributed by atoms with E-state index >= 15 is 0 Å². The third-order valence-corrected chi connectivity index (χ3v) is 5.48. The minimum atomic E-state index is -2.95. The van der Waals surface area contributed by atoms with Gasteiger partial charge in [0.2, 0.25) is 0 Å². The van der Waals surface area contributed by atoms with Crippen molar-refractivity contribution in [1.82, 2.24) is 0 Å². The highest BCUT2D eigenvalue weighted by atomic mass is 28.4. The number of rotatable bonds is 8. The summed E-state index contributed by atoms with van der Waals surface area (Å²) in [6, 6.07) is 6.17. The van der Waals surface area contributed by atoms with E-state index < -0.39 is 13.7 Å². The first kappa shape index (κ1) is 15.8. The molecule has 0 aromatic heterocycles. The molecule has 1 aromatic carbocycles. The van der Waals surface area contributed by atoms with Crippen LogP contribution in [0.5, 0.6) is 0 Å². The van der Waals surface area contributed by atoms with Crippen molar-refractivity contribution >= 4 is 19.7 Å². The number of nitrogens with zero attached hydrogens (tertiary/aromatic N) is 1. The van der Waals surface area contributed by atoms with E-state index in [0.29, 0.717) is 19.8 Å². The highest BCUT2D eigenvalue weighted by Crippen LogP contribution is 2.14. The lowest BCUT2D eigenvalue weighted by atomic mass is 10.3. The minimum Gasteiger partial charge on any atom is -0.370 e. The molecule has 0 N–H and O–H groups in total. The van der Waals surface area contributed by atoms with Gasteiger partial charge in [0.25, 0.3) is 5.69 Å². The molecule has 0 heterocycles. The van der Waals surface area contributed by atoms with Crippen molar-refractivity contribution in [2.24, 2.45) is 0 Å². The summed E-state index contributed by atoms with van der Waals surface area (Å²) >= 11 is 0. The fourth-order valence-electron chi connectivity index (χ4n) is 1.73. The van der Waals surface area contributed by atoms with Crippen LogP contribution in [-0.2, 0) is 13.3 Å². The van der Waals surface area contributed by atoms with Gasteiger partial charge in [-0.15, -0.1) is 0 Å². The van der Waals surface area contributed by atoms with Crippen LogP contribution in [0.3, 0.4) is 0 Å². The van der Waals surface area contributed by atoms with Gasteiger partial charge in [-0.2, -0.15) is 0 Å². The second-order valence-corrected chi connectivity index (χ2v) is 6.21. The zero-order chi connectivity index (χ0) is 14.3. The van der Waals surface area contributed by atoms with E-state index in [0.717, 1.165) is 5.19 Å². The molecule has 0 aliphatic heterocycles. The SMILES string of the molecule is CCO[Si](OCC)(OCC)c1ccc([N+](=O)[O-])cc1. The van der Waals surface area contributed by atoms with E-state index in [2.05, 4.69) is 0 Å². The Balaban J connectivity index is 3.10. The van der Waals surface area contributed by atoms with Crippen molar-refractivity contribution in [3.63, 3.8) is 0 Å². The average molecular weight is 285 g/mol. The Morgan fingerprint density at radius 1 is 1.00 bits per heavy atom. The van der Waals surface area contributed by atoms with Gasteiger partial charge in [-0.3, -0.25) is 10.1 Å². The predicted octanol–water partition coefficient (Wildman–Crippen LogP) is 1.85. The standard InChI is InChI=1S/C12H19NO5Si/c1-4-16-19(17-5-2,18-6-3)12-9-7-11(8-10-12)13(14)15/h7-10H,4-6H2,1-3H3. The molecule has 0 saturated carbocycles. The van der Waals surface area contributed by atoms with Gasteiger partial charge in [0.05, 0.1) is 4.92 Å². The van der Waals surface area contributed by atoms with Crippen molar-refractivity contribution in [2.45, 2.75) is 20.8 Å². The largest absolute Gasteiger partial charge is 0.537 e. The quantitative estimate of drug-likeness (QED) is 0.414. The molecular formula is C12H19NO5Si. The topological polar surface area (TPSA) is 70.8 Å². The molecule has 0 bridgehead atoms. The first-order chi connectivity index (χ1) is 9.09.